The summed E-state index contributed by atoms with van der Waals surface area (Å²) >= 11 is 1.84. The third kappa shape index (κ3) is 9.63. The van der Waals surface area contributed by atoms with E-state index in [1.54, 1.807) is 0 Å². The van der Waals surface area contributed by atoms with Gasteiger partial charge in [0.15, 0.2) is 6.23 Å². The predicted molar refractivity (Wildman–Crippen MR) is 186 cm³/mol. The lowest BCUT2D eigenvalue weighted by molar-refractivity contribution is -0.320. The molecule has 3 heterocycles. The second kappa shape index (κ2) is 17.6. The SMILES string of the molecule is CC(=O)OCCOC(OCCOC(C)=O)O[C@@H]1[C@@H]2O[Si](C(C)C)(C(C)C)O[Si](C(C)C)(C(C)C)OC[C@H]2O[C@H]1n1cc(I)c(=O)[nH]c1=O. The molecule has 48 heavy (non-hydrogen) atoms. The lowest BCUT2D eigenvalue weighted by Crippen LogP contribution is -2.66. The number of H-pyrrole nitrogens is 1. The molecule has 0 bridgehead atoms. The summed E-state index contributed by atoms with van der Waals surface area (Å²) in [4.78, 5) is 50.6. The molecule has 0 radical (unpaired) electrons. The molecule has 274 valence electrons. The Morgan fingerprint density at radius 2 is 1.42 bits per heavy atom. The number of carbonyl (C=O) groups excluding carboxylic acids is 2. The summed E-state index contributed by atoms with van der Waals surface area (Å²) in [6.07, 6.45) is -2.31. The minimum atomic E-state index is -3.18. The van der Waals surface area contributed by atoms with Crippen LogP contribution >= 0.6 is 22.6 Å². The topological polar surface area (TPSA) is 172 Å². The van der Waals surface area contributed by atoms with Gasteiger partial charge in [-0.15, -0.1) is 0 Å². The number of ether oxygens (including phenoxy) is 6. The number of fused-ring (bicyclic) bond motifs is 1. The zero-order valence-corrected chi connectivity index (χ0v) is 33.6. The Morgan fingerprint density at radius 3 is 1.90 bits per heavy atom. The van der Waals surface area contributed by atoms with Crippen molar-refractivity contribution in [1.29, 1.82) is 0 Å². The van der Waals surface area contributed by atoms with Crippen LogP contribution in [0.25, 0.3) is 0 Å². The molecule has 4 atom stereocenters. The van der Waals surface area contributed by atoms with Crippen LogP contribution in [0.4, 0.5) is 0 Å². The summed E-state index contributed by atoms with van der Waals surface area (Å²) in [5.41, 5.74) is -1.10. The summed E-state index contributed by atoms with van der Waals surface area (Å²) in [5.74, 6) is -0.972. The average molecular weight is 831 g/mol. The van der Waals surface area contributed by atoms with E-state index in [1.807, 2.05) is 22.6 Å². The molecule has 2 saturated heterocycles. The molecule has 2 fully saturated rings. The molecule has 1 aromatic heterocycles. The maximum atomic E-state index is 13.3. The highest BCUT2D eigenvalue weighted by molar-refractivity contribution is 14.1. The molecule has 1 N–H and O–H groups in total. The minimum Gasteiger partial charge on any atom is -0.463 e. The van der Waals surface area contributed by atoms with Crippen molar-refractivity contribution in [2.45, 2.75) is 122 Å². The molecule has 15 nitrogen and oxygen atoms in total. The molecule has 0 unspecified atom stereocenters. The highest BCUT2D eigenvalue weighted by Gasteiger charge is 2.62. The standard InChI is InChI=1S/C30H51IN2O13Si2/c1-17(2)47(18(3)4)42-16-24-25(45-48(46-47,19(5)6)20(7)8)26(28(43-24)33-15-23(31)27(36)32-29(33)37)44-30(40-13-11-38-21(9)34)41-14-12-39-22(10)35/h15,17-20,24-26,28,30H,11-14,16H2,1-10H3,(H,32,36,37)/t24-,25-,26-,28-/m1/s1. The molecule has 18 heteroatoms. The van der Waals surface area contributed by atoms with Gasteiger partial charge in [0.1, 0.15) is 31.5 Å². The number of nitrogens with zero attached hydrogens (tertiary/aromatic N) is 1. The number of carbonyl (C=O) groups is 2. The summed E-state index contributed by atoms with van der Waals surface area (Å²) in [6, 6.07) is 0. The summed E-state index contributed by atoms with van der Waals surface area (Å²) in [6.45, 7) is 17.7. The van der Waals surface area contributed by atoms with Crippen LogP contribution in [0.15, 0.2) is 15.8 Å². The Labute approximate surface area is 297 Å². The molecular formula is C30H51IN2O13Si2. The fourth-order valence-electron chi connectivity index (χ4n) is 6.06. The highest BCUT2D eigenvalue weighted by atomic mass is 127. The van der Waals surface area contributed by atoms with E-state index in [-0.39, 0.29) is 58.8 Å². The number of hydrogen-bond acceptors (Lipinski definition) is 13. The van der Waals surface area contributed by atoms with Crippen LogP contribution in [0.5, 0.6) is 0 Å². The van der Waals surface area contributed by atoms with Gasteiger partial charge < -0.3 is 41.4 Å². The van der Waals surface area contributed by atoms with E-state index in [0.29, 0.717) is 0 Å². The van der Waals surface area contributed by atoms with Crippen molar-refractivity contribution in [3.8, 4) is 0 Å². The van der Waals surface area contributed by atoms with E-state index in [9.17, 15) is 19.2 Å². The molecule has 2 aliphatic heterocycles. The van der Waals surface area contributed by atoms with Crippen LogP contribution in [0.1, 0.15) is 75.5 Å². The number of hydrogen-bond donors (Lipinski definition) is 1. The van der Waals surface area contributed by atoms with Crippen LogP contribution in [0.3, 0.4) is 0 Å². The second-order valence-electron chi connectivity index (χ2n) is 13.1. The van der Waals surface area contributed by atoms with Crippen molar-refractivity contribution < 1.29 is 51.0 Å². The fourth-order valence-corrected chi connectivity index (χ4v) is 17.7. The van der Waals surface area contributed by atoms with Gasteiger partial charge in [-0.25, -0.2) is 4.79 Å². The van der Waals surface area contributed by atoms with Crippen molar-refractivity contribution in [3.63, 3.8) is 0 Å². The van der Waals surface area contributed by atoms with Gasteiger partial charge >= 0.3 is 34.8 Å². The first-order chi connectivity index (χ1) is 22.4. The molecule has 0 aliphatic carbocycles. The van der Waals surface area contributed by atoms with Gasteiger partial charge in [-0.3, -0.25) is 23.9 Å². The Morgan fingerprint density at radius 1 is 0.896 bits per heavy atom. The number of halogens is 1. The van der Waals surface area contributed by atoms with Gasteiger partial charge in [-0.2, -0.15) is 0 Å². The monoisotopic (exact) mass is 830 g/mol. The predicted octanol–water partition coefficient (Wildman–Crippen LogP) is 3.82. The molecule has 0 amide bonds. The molecule has 2 aliphatic rings. The first-order valence-corrected chi connectivity index (χ1v) is 21.3. The molecule has 1 aromatic rings. The molecule has 0 spiro atoms. The maximum Gasteiger partial charge on any atom is 0.335 e. The van der Waals surface area contributed by atoms with Crippen LogP contribution < -0.4 is 11.2 Å². The van der Waals surface area contributed by atoms with Crippen molar-refractivity contribution in [1.82, 2.24) is 9.55 Å². The summed E-state index contributed by atoms with van der Waals surface area (Å²) < 4.78 is 57.7. The van der Waals surface area contributed by atoms with Crippen LogP contribution in [0, 0.1) is 3.57 Å². The van der Waals surface area contributed by atoms with Crippen LogP contribution in [-0.2, 0) is 51.0 Å². The van der Waals surface area contributed by atoms with Crippen molar-refractivity contribution in [3.05, 3.63) is 30.6 Å². The Kier molecular flexibility index (Phi) is 15.0. The smallest absolute Gasteiger partial charge is 0.335 e. The second-order valence-corrected chi connectivity index (χ2v) is 23.1. The van der Waals surface area contributed by atoms with E-state index < -0.39 is 71.3 Å². The van der Waals surface area contributed by atoms with Gasteiger partial charge in [-0.05, 0) is 44.8 Å². The Hall–Kier alpha value is -1.50. The first-order valence-electron chi connectivity index (χ1n) is 16.3. The Balaban J connectivity index is 2.13. The van der Waals surface area contributed by atoms with Crippen LogP contribution in [0.2, 0.25) is 22.2 Å². The molecule has 3 rings (SSSR count). The number of rotatable bonds is 15. The fraction of sp³-hybridized carbons (Fsp3) is 0.800. The quantitative estimate of drug-likeness (QED) is 0.0891. The average Bonchev–Trinajstić information content (AvgIpc) is 3.29. The number of aromatic amines is 1. The van der Waals surface area contributed by atoms with Gasteiger partial charge in [0, 0.05) is 20.0 Å². The zero-order chi connectivity index (χ0) is 36.0. The largest absolute Gasteiger partial charge is 0.463 e. The number of aromatic nitrogens is 2. The third-order valence-corrected chi connectivity index (χ3v) is 19.4. The Bertz CT molecular complexity index is 1320. The molecular weight excluding hydrogens is 779 g/mol. The maximum absolute atomic E-state index is 13.3. The van der Waals surface area contributed by atoms with Crippen molar-refractivity contribution in [2.75, 3.05) is 33.0 Å². The van der Waals surface area contributed by atoms with E-state index in [0.717, 1.165) is 0 Å². The minimum absolute atomic E-state index is 0.0172. The van der Waals surface area contributed by atoms with E-state index in [2.05, 4.69) is 60.4 Å². The van der Waals surface area contributed by atoms with E-state index >= 15 is 0 Å². The first kappa shape index (κ1) is 40.9. The molecule has 0 aromatic carbocycles. The number of nitrogens with one attached hydrogen (secondary N) is 1. The summed E-state index contributed by atoms with van der Waals surface area (Å²) in [5, 5.41) is 0. The lowest BCUT2D eigenvalue weighted by Gasteiger charge is -2.51. The van der Waals surface area contributed by atoms with Gasteiger partial charge in [0.05, 0.1) is 23.4 Å². The highest BCUT2D eigenvalue weighted by Crippen LogP contribution is 2.48. The third-order valence-electron chi connectivity index (χ3n) is 8.37. The van der Waals surface area contributed by atoms with Gasteiger partial charge in [-0.1, -0.05) is 55.4 Å². The molecule has 0 saturated carbocycles. The van der Waals surface area contributed by atoms with Gasteiger partial charge in [0.2, 0.25) is 0 Å². The normalized spacial score (nSPS) is 23.8. The number of esters is 2. The lowest BCUT2D eigenvalue weighted by atomic mass is 10.1. The summed E-state index contributed by atoms with van der Waals surface area (Å²) in [7, 11) is -6.10. The van der Waals surface area contributed by atoms with Crippen LogP contribution in [-0.4, -0.2) is 96.4 Å². The van der Waals surface area contributed by atoms with Crippen molar-refractivity contribution in [2.24, 2.45) is 0 Å². The van der Waals surface area contributed by atoms with E-state index in [1.165, 1.54) is 24.6 Å². The van der Waals surface area contributed by atoms with Crippen molar-refractivity contribution >= 4 is 51.7 Å². The van der Waals surface area contributed by atoms with Gasteiger partial charge in [0.25, 0.3) is 12.0 Å². The zero-order valence-electron chi connectivity index (χ0n) is 29.4. The van der Waals surface area contributed by atoms with E-state index in [4.69, 9.17) is 41.4 Å².